The van der Waals surface area contributed by atoms with E-state index in [0.29, 0.717) is 18.7 Å². The first kappa shape index (κ1) is 19.4. The third kappa shape index (κ3) is 4.80. The molecule has 3 rings (SSSR count). The summed E-state index contributed by atoms with van der Waals surface area (Å²) in [6, 6.07) is 6.79. The van der Waals surface area contributed by atoms with Gasteiger partial charge in [-0.3, -0.25) is 4.99 Å². The second kappa shape index (κ2) is 9.53. The number of ether oxygens (including phenoxy) is 2. The quantitative estimate of drug-likeness (QED) is 0.438. The molecule has 2 fully saturated rings. The molecule has 0 amide bonds. The Labute approximate surface area is 159 Å². The van der Waals surface area contributed by atoms with Gasteiger partial charge in [0.1, 0.15) is 11.9 Å². The largest absolute Gasteiger partial charge is 0.375 e. The molecule has 5 nitrogen and oxygen atoms in total. The number of hydrogen-bond acceptors (Lipinski definition) is 3. The highest BCUT2D eigenvalue weighted by Gasteiger charge is 2.32. The van der Waals surface area contributed by atoms with Gasteiger partial charge in [-0.1, -0.05) is 18.2 Å². The van der Waals surface area contributed by atoms with Crippen LogP contribution in [0.5, 0.6) is 0 Å². The Kier molecular flexibility index (Phi) is 7.70. The van der Waals surface area contributed by atoms with E-state index in [-0.39, 0.29) is 42.0 Å². The van der Waals surface area contributed by atoms with E-state index in [2.05, 4.69) is 15.2 Å². The molecule has 1 aromatic carbocycles. The summed E-state index contributed by atoms with van der Waals surface area (Å²) in [6.45, 7) is 3.43. The van der Waals surface area contributed by atoms with Gasteiger partial charge in [0.25, 0.3) is 0 Å². The average molecular weight is 449 g/mol. The first-order valence-electron chi connectivity index (χ1n) is 8.20. The van der Waals surface area contributed by atoms with Gasteiger partial charge >= 0.3 is 0 Å². The zero-order valence-electron chi connectivity index (χ0n) is 13.9. The second-order valence-corrected chi connectivity index (χ2v) is 5.90. The molecule has 0 saturated carbocycles. The molecule has 2 heterocycles. The summed E-state index contributed by atoms with van der Waals surface area (Å²) < 4.78 is 25.3. The molecular weight excluding hydrogens is 424 g/mol. The molecule has 1 aromatic rings. The fraction of sp³-hybridized carbons (Fsp3) is 0.588. The van der Waals surface area contributed by atoms with E-state index in [0.717, 1.165) is 38.5 Å². The van der Waals surface area contributed by atoms with Gasteiger partial charge in [-0.15, -0.1) is 24.0 Å². The fourth-order valence-electron chi connectivity index (χ4n) is 3.14. The van der Waals surface area contributed by atoms with Crippen molar-refractivity contribution in [1.29, 1.82) is 0 Å². The topological polar surface area (TPSA) is 46.1 Å². The number of halogens is 2. The number of morpholine rings is 1. The van der Waals surface area contributed by atoms with Crippen LogP contribution >= 0.6 is 24.0 Å². The minimum Gasteiger partial charge on any atom is -0.375 e. The molecule has 7 heteroatoms. The summed E-state index contributed by atoms with van der Waals surface area (Å²) in [5, 5.41) is 3.25. The van der Waals surface area contributed by atoms with Crippen molar-refractivity contribution < 1.29 is 13.9 Å². The highest BCUT2D eigenvalue weighted by Crippen LogP contribution is 2.21. The van der Waals surface area contributed by atoms with E-state index >= 15 is 0 Å². The fourth-order valence-corrected chi connectivity index (χ4v) is 3.14. The van der Waals surface area contributed by atoms with Crippen molar-refractivity contribution in [3.8, 4) is 0 Å². The van der Waals surface area contributed by atoms with Crippen LogP contribution in [0, 0.1) is 5.82 Å². The van der Waals surface area contributed by atoms with Crippen LogP contribution in [-0.2, 0) is 16.0 Å². The van der Waals surface area contributed by atoms with Crippen LogP contribution in [0.1, 0.15) is 18.4 Å². The normalized spacial score (nSPS) is 24.6. The van der Waals surface area contributed by atoms with Crippen LogP contribution < -0.4 is 5.32 Å². The molecule has 2 atom stereocenters. The molecule has 2 unspecified atom stereocenters. The highest BCUT2D eigenvalue weighted by atomic mass is 127. The Balaban J connectivity index is 0.00000208. The van der Waals surface area contributed by atoms with E-state index in [1.54, 1.807) is 19.2 Å². The summed E-state index contributed by atoms with van der Waals surface area (Å²) in [4.78, 5) is 6.49. The molecule has 2 saturated heterocycles. The van der Waals surface area contributed by atoms with Crippen molar-refractivity contribution >= 4 is 29.9 Å². The molecule has 2 aliphatic rings. The van der Waals surface area contributed by atoms with Gasteiger partial charge in [0, 0.05) is 38.9 Å². The van der Waals surface area contributed by atoms with Crippen molar-refractivity contribution in [2.24, 2.45) is 4.99 Å². The van der Waals surface area contributed by atoms with Crippen LogP contribution in [-0.4, -0.2) is 56.4 Å². The maximum absolute atomic E-state index is 13.7. The zero-order chi connectivity index (χ0) is 16.1. The summed E-state index contributed by atoms with van der Waals surface area (Å²) >= 11 is 0. The van der Waals surface area contributed by atoms with Gasteiger partial charge in [-0.25, -0.2) is 4.39 Å². The van der Waals surface area contributed by atoms with Gasteiger partial charge in [0.05, 0.1) is 12.7 Å². The number of nitrogens with one attached hydrogen (secondary N) is 1. The molecule has 24 heavy (non-hydrogen) atoms. The van der Waals surface area contributed by atoms with E-state index in [1.807, 2.05) is 6.07 Å². The minimum atomic E-state index is -0.199. The van der Waals surface area contributed by atoms with Crippen LogP contribution in [0.4, 0.5) is 4.39 Å². The van der Waals surface area contributed by atoms with Gasteiger partial charge in [0.2, 0.25) is 0 Å². The van der Waals surface area contributed by atoms with Gasteiger partial charge < -0.3 is 19.7 Å². The Hall–Kier alpha value is -0.930. The average Bonchev–Trinajstić information content (AvgIpc) is 3.12. The van der Waals surface area contributed by atoms with Crippen molar-refractivity contribution in [3.05, 3.63) is 35.6 Å². The van der Waals surface area contributed by atoms with Crippen LogP contribution in [0.2, 0.25) is 0 Å². The molecule has 0 bridgehead atoms. The number of rotatable bonds is 3. The molecule has 0 radical (unpaired) electrons. The van der Waals surface area contributed by atoms with Gasteiger partial charge in [0.15, 0.2) is 5.96 Å². The van der Waals surface area contributed by atoms with Crippen LogP contribution in [0.15, 0.2) is 29.3 Å². The van der Waals surface area contributed by atoms with Crippen molar-refractivity contribution in [2.45, 2.75) is 31.6 Å². The van der Waals surface area contributed by atoms with Crippen LogP contribution in [0.3, 0.4) is 0 Å². The van der Waals surface area contributed by atoms with E-state index < -0.39 is 0 Å². The lowest BCUT2D eigenvalue weighted by Gasteiger charge is -2.37. The van der Waals surface area contributed by atoms with Crippen LogP contribution in [0.25, 0.3) is 0 Å². The standard InChI is InChI=1S/C17H24FN3O2.HI/c1-19-17(20-11-13-5-2-3-6-14(13)18)21-8-10-23-16(12-21)15-7-4-9-22-15;/h2-3,5-6,15-16H,4,7-12H2,1H3,(H,19,20);1H. The maximum atomic E-state index is 13.7. The third-order valence-electron chi connectivity index (χ3n) is 4.38. The SMILES string of the molecule is CN=C(NCc1ccccc1F)N1CCOC(C2CCCO2)C1.I. The summed E-state index contributed by atoms with van der Waals surface area (Å²) in [5.74, 6) is 0.578. The monoisotopic (exact) mass is 449 g/mol. The number of aliphatic imine (C=N–C) groups is 1. The molecule has 1 N–H and O–H groups in total. The predicted molar refractivity (Wildman–Crippen MR) is 102 cm³/mol. The van der Waals surface area contributed by atoms with Crippen molar-refractivity contribution in [1.82, 2.24) is 10.2 Å². The number of benzene rings is 1. The minimum absolute atomic E-state index is 0. The Morgan fingerprint density at radius 1 is 1.29 bits per heavy atom. The Morgan fingerprint density at radius 2 is 2.08 bits per heavy atom. The third-order valence-corrected chi connectivity index (χ3v) is 4.38. The lowest BCUT2D eigenvalue weighted by molar-refractivity contribution is -0.0817. The highest BCUT2D eigenvalue weighted by molar-refractivity contribution is 14.0. The lowest BCUT2D eigenvalue weighted by atomic mass is 10.1. The first-order valence-corrected chi connectivity index (χ1v) is 8.20. The lowest BCUT2D eigenvalue weighted by Crippen LogP contribution is -2.53. The Bertz CT molecular complexity index is 552. The zero-order valence-corrected chi connectivity index (χ0v) is 16.2. The smallest absolute Gasteiger partial charge is 0.194 e. The van der Waals surface area contributed by atoms with E-state index in [9.17, 15) is 4.39 Å². The number of nitrogens with zero attached hydrogens (tertiary/aromatic N) is 2. The predicted octanol–water partition coefficient (Wildman–Crippen LogP) is 2.40. The van der Waals surface area contributed by atoms with E-state index in [1.165, 1.54) is 6.07 Å². The summed E-state index contributed by atoms with van der Waals surface area (Å²) in [7, 11) is 1.75. The molecule has 0 aromatic heterocycles. The second-order valence-electron chi connectivity index (χ2n) is 5.90. The first-order chi connectivity index (χ1) is 11.3. The summed E-state index contributed by atoms with van der Waals surface area (Å²) in [5.41, 5.74) is 0.637. The molecule has 134 valence electrons. The van der Waals surface area contributed by atoms with Gasteiger partial charge in [-0.2, -0.15) is 0 Å². The maximum Gasteiger partial charge on any atom is 0.194 e. The van der Waals surface area contributed by atoms with E-state index in [4.69, 9.17) is 9.47 Å². The summed E-state index contributed by atoms with van der Waals surface area (Å²) in [6.07, 6.45) is 2.42. The molecule has 0 spiro atoms. The van der Waals surface area contributed by atoms with Crippen molar-refractivity contribution in [3.63, 3.8) is 0 Å². The molecule has 2 aliphatic heterocycles. The van der Waals surface area contributed by atoms with Gasteiger partial charge in [-0.05, 0) is 18.9 Å². The Morgan fingerprint density at radius 3 is 2.79 bits per heavy atom. The van der Waals surface area contributed by atoms with Crippen molar-refractivity contribution in [2.75, 3.05) is 33.4 Å². The number of guanidine groups is 1. The number of hydrogen-bond donors (Lipinski definition) is 1. The molecular formula is C17H25FIN3O2. The molecule has 0 aliphatic carbocycles.